The highest BCUT2D eigenvalue weighted by atomic mass is 19.1. The minimum atomic E-state index is -0.652. The van der Waals surface area contributed by atoms with Gasteiger partial charge in [-0.3, -0.25) is 5.10 Å². The summed E-state index contributed by atoms with van der Waals surface area (Å²) in [5.41, 5.74) is 3.50. The molecule has 1 saturated heterocycles. The molecule has 1 atom stereocenters. The molecule has 7 nitrogen and oxygen atoms in total. The van der Waals surface area contributed by atoms with E-state index in [4.69, 9.17) is 0 Å². The predicted molar refractivity (Wildman–Crippen MR) is 131 cm³/mol. The molecule has 0 radical (unpaired) electrons. The maximum atomic E-state index is 15.6. The van der Waals surface area contributed by atoms with Crippen molar-refractivity contribution in [1.29, 1.82) is 0 Å². The molecule has 0 spiro atoms. The monoisotopic (exact) mass is 475 g/mol. The number of hydrogen-bond donors (Lipinski definition) is 2. The van der Waals surface area contributed by atoms with Gasteiger partial charge in [0.05, 0.1) is 11.8 Å². The van der Waals surface area contributed by atoms with Crippen LogP contribution in [0, 0.1) is 11.6 Å². The molecule has 35 heavy (non-hydrogen) atoms. The summed E-state index contributed by atoms with van der Waals surface area (Å²) in [5, 5.41) is 10.5. The second-order valence-corrected chi connectivity index (χ2v) is 9.33. The summed E-state index contributed by atoms with van der Waals surface area (Å²) in [4.78, 5) is 15.8. The Morgan fingerprint density at radius 3 is 2.69 bits per heavy atom. The highest BCUT2D eigenvalue weighted by Crippen LogP contribution is 2.37. The van der Waals surface area contributed by atoms with E-state index in [-0.39, 0.29) is 17.4 Å². The number of piperidine rings is 1. The summed E-state index contributed by atoms with van der Waals surface area (Å²) in [6.07, 6.45) is 9.19. The van der Waals surface area contributed by atoms with Crippen LogP contribution in [0.15, 0.2) is 30.6 Å². The molecule has 1 aliphatic heterocycles. The van der Waals surface area contributed by atoms with Crippen molar-refractivity contribution in [2.75, 3.05) is 25.0 Å². The number of fused-ring (bicyclic) bond motifs is 2. The molecule has 6 rings (SSSR count). The maximum absolute atomic E-state index is 15.6. The average molecular weight is 476 g/mol. The van der Waals surface area contributed by atoms with Crippen molar-refractivity contribution < 1.29 is 8.78 Å². The van der Waals surface area contributed by atoms with Crippen LogP contribution in [0.25, 0.3) is 33.7 Å². The summed E-state index contributed by atoms with van der Waals surface area (Å²) >= 11 is 0. The molecule has 1 aliphatic carbocycles. The van der Waals surface area contributed by atoms with E-state index in [9.17, 15) is 0 Å². The predicted octanol–water partition coefficient (Wildman–Crippen LogP) is 4.95. The summed E-state index contributed by atoms with van der Waals surface area (Å²) in [6.45, 7) is 2.03. The van der Waals surface area contributed by atoms with Gasteiger partial charge in [0.2, 0.25) is 0 Å². The molecule has 2 N–H and O–H groups in total. The van der Waals surface area contributed by atoms with Crippen molar-refractivity contribution in [2.24, 2.45) is 0 Å². The van der Waals surface area contributed by atoms with Crippen LogP contribution in [0.2, 0.25) is 0 Å². The number of nitrogens with one attached hydrogen (secondary N) is 2. The molecule has 1 fully saturated rings. The number of halogens is 2. The second-order valence-electron chi connectivity index (χ2n) is 9.33. The van der Waals surface area contributed by atoms with Gasteiger partial charge in [-0.25, -0.2) is 23.7 Å². The number of hydrogen-bond acceptors (Lipinski definition) is 6. The molecular weight excluding hydrogens is 448 g/mol. The minimum absolute atomic E-state index is 0.0161. The maximum Gasteiger partial charge on any atom is 0.165 e. The third kappa shape index (κ3) is 3.83. The third-order valence-corrected chi connectivity index (χ3v) is 7.22. The number of aromatic amines is 1. The van der Waals surface area contributed by atoms with Crippen molar-refractivity contribution in [3.8, 4) is 22.6 Å². The van der Waals surface area contributed by atoms with Gasteiger partial charge in [0.25, 0.3) is 0 Å². The molecule has 0 amide bonds. The summed E-state index contributed by atoms with van der Waals surface area (Å²) in [6, 6.07) is 5.33. The van der Waals surface area contributed by atoms with E-state index in [1.165, 1.54) is 31.5 Å². The lowest BCUT2D eigenvalue weighted by Gasteiger charge is -2.27. The van der Waals surface area contributed by atoms with E-state index in [0.717, 1.165) is 37.3 Å². The van der Waals surface area contributed by atoms with E-state index in [1.54, 1.807) is 6.20 Å². The smallest absolute Gasteiger partial charge is 0.165 e. The Bertz CT molecular complexity index is 1380. The van der Waals surface area contributed by atoms with Gasteiger partial charge >= 0.3 is 0 Å². The highest BCUT2D eigenvalue weighted by Gasteiger charge is 2.28. The van der Waals surface area contributed by atoms with Crippen LogP contribution < -0.4 is 10.2 Å². The molecule has 3 aromatic heterocycles. The lowest BCUT2D eigenvalue weighted by atomic mass is 9.85. The van der Waals surface area contributed by atoms with Crippen LogP contribution in [0.5, 0.6) is 0 Å². The summed E-state index contributed by atoms with van der Waals surface area (Å²) in [5.74, 6) is -0.263. The molecule has 1 aromatic carbocycles. The zero-order chi connectivity index (χ0) is 23.9. The van der Waals surface area contributed by atoms with Crippen molar-refractivity contribution >= 4 is 16.9 Å². The van der Waals surface area contributed by atoms with Crippen LogP contribution in [0.1, 0.15) is 49.3 Å². The molecule has 9 heteroatoms. The molecular formula is C26H27F2N7. The van der Waals surface area contributed by atoms with Gasteiger partial charge in [0, 0.05) is 30.9 Å². The topological polar surface area (TPSA) is 82.6 Å². The SMILES string of the molecule is CNC1CCCc2c1cc(F)c(-c1ncc3[nH]nc(-c4ccc(N5CCCCC5)nc4)c3n1)c2F. The first kappa shape index (κ1) is 22.0. The standard InChI is InChI=1S/C26H27F2N7/c1-29-19-7-5-6-16-17(19)12-18(27)22(23(16)28)26-31-14-20-25(32-26)24(34-33-20)15-8-9-21(30-13-15)35-10-3-2-4-11-35/h8-9,12-14,19,29H,2-7,10-11H2,1H3,(H,33,34). The average Bonchev–Trinajstić information content (AvgIpc) is 3.32. The Morgan fingerprint density at radius 2 is 1.91 bits per heavy atom. The fraction of sp³-hybridized carbons (Fsp3) is 0.385. The molecule has 0 bridgehead atoms. The zero-order valence-corrected chi connectivity index (χ0v) is 19.6. The van der Waals surface area contributed by atoms with Gasteiger partial charge in [0.1, 0.15) is 34.2 Å². The molecule has 2 aliphatic rings. The van der Waals surface area contributed by atoms with Gasteiger partial charge in [-0.1, -0.05) is 0 Å². The van der Waals surface area contributed by atoms with Crippen LogP contribution in [0.3, 0.4) is 0 Å². The van der Waals surface area contributed by atoms with Gasteiger partial charge in [0.15, 0.2) is 5.82 Å². The number of pyridine rings is 1. The van der Waals surface area contributed by atoms with E-state index in [0.29, 0.717) is 34.3 Å². The van der Waals surface area contributed by atoms with Crippen LogP contribution in [-0.2, 0) is 6.42 Å². The van der Waals surface area contributed by atoms with Crippen LogP contribution in [0.4, 0.5) is 14.6 Å². The number of rotatable bonds is 4. The van der Waals surface area contributed by atoms with Crippen LogP contribution >= 0.6 is 0 Å². The van der Waals surface area contributed by atoms with Gasteiger partial charge in [-0.15, -0.1) is 0 Å². The molecule has 180 valence electrons. The van der Waals surface area contributed by atoms with E-state index >= 15 is 8.78 Å². The number of H-pyrrole nitrogens is 1. The zero-order valence-electron chi connectivity index (χ0n) is 19.6. The second kappa shape index (κ2) is 8.96. The van der Waals surface area contributed by atoms with Crippen molar-refractivity contribution in [2.45, 2.75) is 44.6 Å². The quantitative estimate of drug-likeness (QED) is 0.435. The Labute approximate surface area is 202 Å². The molecule has 1 unspecified atom stereocenters. The highest BCUT2D eigenvalue weighted by molar-refractivity contribution is 5.90. The van der Waals surface area contributed by atoms with Gasteiger partial charge < -0.3 is 10.2 Å². The summed E-state index contributed by atoms with van der Waals surface area (Å²) in [7, 11) is 1.81. The lowest BCUT2D eigenvalue weighted by molar-refractivity contribution is 0.471. The minimum Gasteiger partial charge on any atom is -0.357 e. The normalized spacial score (nSPS) is 18.1. The Hall–Kier alpha value is -3.46. The van der Waals surface area contributed by atoms with Crippen molar-refractivity contribution in [3.63, 3.8) is 0 Å². The first-order chi connectivity index (χ1) is 17.1. The first-order valence-corrected chi connectivity index (χ1v) is 12.2. The fourth-order valence-electron chi connectivity index (χ4n) is 5.36. The third-order valence-electron chi connectivity index (χ3n) is 7.22. The first-order valence-electron chi connectivity index (χ1n) is 12.2. The lowest BCUT2D eigenvalue weighted by Crippen LogP contribution is -2.29. The Balaban J connectivity index is 1.39. The van der Waals surface area contributed by atoms with Crippen molar-refractivity contribution in [1.82, 2.24) is 30.5 Å². The fourth-order valence-corrected chi connectivity index (χ4v) is 5.36. The molecule has 4 aromatic rings. The van der Waals surface area contributed by atoms with E-state index in [1.807, 2.05) is 19.2 Å². The molecule has 0 saturated carbocycles. The van der Waals surface area contributed by atoms with E-state index < -0.39 is 11.6 Å². The molecule has 4 heterocycles. The summed E-state index contributed by atoms with van der Waals surface area (Å²) < 4.78 is 30.8. The van der Waals surface area contributed by atoms with Crippen LogP contribution in [-0.4, -0.2) is 45.3 Å². The van der Waals surface area contributed by atoms with E-state index in [2.05, 4.69) is 35.4 Å². The number of anilines is 1. The largest absolute Gasteiger partial charge is 0.357 e. The Kier molecular flexibility index (Phi) is 5.64. The number of benzene rings is 1. The van der Waals surface area contributed by atoms with Crippen molar-refractivity contribution in [3.05, 3.63) is 53.4 Å². The Morgan fingerprint density at radius 1 is 1.06 bits per heavy atom. The number of nitrogens with zero attached hydrogens (tertiary/aromatic N) is 5. The van der Waals surface area contributed by atoms with Gasteiger partial charge in [-0.2, -0.15) is 5.10 Å². The van der Waals surface area contributed by atoms with Gasteiger partial charge in [-0.05, 0) is 74.9 Å². The number of aromatic nitrogens is 5.